The maximum Gasteiger partial charge on any atom is 0.258 e. The monoisotopic (exact) mass is 457 g/mol. The van der Waals surface area contributed by atoms with Crippen LogP contribution < -0.4 is 10.6 Å². The quantitative estimate of drug-likeness (QED) is 0.349. The zero-order valence-corrected chi connectivity index (χ0v) is 17.9. The molecule has 0 saturated carbocycles. The summed E-state index contributed by atoms with van der Waals surface area (Å²) in [6.07, 6.45) is 0. The van der Waals surface area contributed by atoms with Crippen LogP contribution in [0.25, 0.3) is 20.8 Å². The Balaban J connectivity index is 1.53. The van der Waals surface area contributed by atoms with Crippen LogP contribution in [0.1, 0.15) is 10.4 Å². The number of carbonyl (C=O) groups is 1. The molecule has 29 heavy (non-hydrogen) atoms. The number of nitrogens with one attached hydrogen (secondary N) is 2. The summed E-state index contributed by atoms with van der Waals surface area (Å²) in [5, 5.41) is 7.55. The van der Waals surface area contributed by atoms with Crippen molar-refractivity contribution >= 4 is 73.7 Å². The van der Waals surface area contributed by atoms with E-state index >= 15 is 0 Å². The van der Waals surface area contributed by atoms with Gasteiger partial charge in [0.25, 0.3) is 5.91 Å². The van der Waals surface area contributed by atoms with Gasteiger partial charge in [0.15, 0.2) is 5.11 Å². The van der Waals surface area contributed by atoms with Gasteiger partial charge in [0.05, 0.1) is 25.8 Å². The topological polar surface area (TPSA) is 54.0 Å². The van der Waals surface area contributed by atoms with E-state index in [-0.39, 0.29) is 11.0 Å². The van der Waals surface area contributed by atoms with E-state index in [2.05, 4.69) is 15.6 Å². The van der Waals surface area contributed by atoms with Gasteiger partial charge in [-0.15, -0.1) is 11.3 Å². The number of hydrogen-bond acceptors (Lipinski definition) is 4. The molecule has 0 aliphatic carbocycles. The molecule has 0 saturated heterocycles. The van der Waals surface area contributed by atoms with Crippen molar-refractivity contribution in [3.63, 3.8) is 0 Å². The fourth-order valence-corrected chi connectivity index (χ4v) is 4.42. The highest BCUT2D eigenvalue weighted by Gasteiger charge is 2.13. The number of hydrogen-bond donors (Lipinski definition) is 2. The Hall–Kier alpha value is -2.51. The van der Waals surface area contributed by atoms with E-state index in [0.717, 1.165) is 20.8 Å². The summed E-state index contributed by atoms with van der Waals surface area (Å²) < 4.78 is 1.08. The van der Waals surface area contributed by atoms with E-state index in [1.165, 1.54) is 0 Å². The molecule has 1 aromatic heterocycles. The maximum absolute atomic E-state index is 12.4. The number of fused-ring (bicyclic) bond motifs is 1. The second-order valence-electron chi connectivity index (χ2n) is 6.07. The van der Waals surface area contributed by atoms with Crippen LogP contribution >= 0.6 is 46.8 Å². The normalized spacial score (nSPS) is 10.7. The maximum atomic E-state index is 12.4. The standard InChI is InChI=1S/C21H13Cl2N3OS2/c22-15-6-2-1-5-13(15)19(27)26-21(28)24-12-9-10-16(23)14(11-12)20-25-17-7-3-4-8-18(17)29-20/h1-11H,(H2,24,26,27,28). The number of carbonyl (C=O) groups excluding carboxylic acids is 1. The first kappa shape index (κ1) is 19.8. The SMILES string of the molecule is O=C(NC(=S)Nc1ccc(Cl)c(-c2nc3ccccc3s2)c1)c1ccccc1Cl. The molecular formula is C21H13Cl2N3OS2. The van der Waals surface area contributed by atoms with Gasteiger partial charge in [0.2, 0.25) is 0 Å². The average Bonchev–Trinajstić information content (AvgIpc) is 3.13. The van der Waals surface area contributed by atoms with Crippen LogP contribution in [0.15, 0.2) is 66.7 Å². The van der Waals surface area contributed by atoms with Crippen LogP contribution in [0.3, 0.4) is 0 Å². The summed E-state index contributed by atoms with van der Waals surface area (Å²) in [4.78, 5) is 17.0. The lowest BCUT2D eigenvalue weighted by atomic mass is 10.2. The van der Waals surface area contributed by atoms with Gasteiger partial charge >= 0.3 is 0 Å². The molecule has 1 heterocycles. The van der Waals surface area contributed by atoms with Crippen molar-refractivity contribution in [2.75, 3.05) is 5.32 Å². The summed E-state index contributed by atoms with van der Waals surface area (Å²) in [6, 6.07) is 20.1. The summed E-state index contributed by atoms with van der Waals surface area (Å²) >= 11 is 19.3. The highest BCUT2D eigenvalue weighted by molar-refractivity contribution is 7.80. The lowest BCUT2D eigenvalue weighted by Gasteiger charge is -2.11. The fraction of sp³-hybridized carbons (Fsp3) is 0. The van der Waals surface area contributed by atoms with Crippen LogP contribution in [-0.2, 0) is 0 Å². The Bertz CT molecular complexity index is 1210. The van der Waals surface area contributed by atoms with Crippen LogP contribution in [0.4, 0.5) is 5.69 Å². The average molecular weight is 458 g/mol. The first-order valence-electron chi connectivity index (χ1n) is 8.53. The smallest absolute Gasteiger partial charge is 0.258 e. The van der Waals surface area contributed by atoms with Gasteiger partial charge in [0, 0.05) is 11.3 Å². The summed E-state index contributed by atoms with van der Waals surface area (Å²) in [5.74, 6) is -0.381. The highest BCUT2D eigenvalue weighted by atomic mass is 35.5. The predicted molar refractivity (Wildman–Crippen MR) is 125 cm³/mol. The Kier molecular flexibility index (Phi) is 5.78. The molecular weight excluding hydrogens is 445 g/mol. The van der Waals surface area contributed by atoms with E-state index < -0.39 is 0 Å². The van der Waals surface area contributed by atoms with Crippen LogP contribution in [0, 0.1) is 0 Å². The number of aromatic nitrogens is 1. The molecule has 4 nitrogen and oxygen atoms in total. The van der Waals surface area contributed by atoms with Crippen molar-refractivity contribution in [3.8, 4) is 10.6 Å². The van der Waals surface area contributed by atoms with Crippen molar-refractivity contribution in [3.05, 3.63) is 82.3 Å². The molecule has 4 aromatic rings. The molecule has 3 aromatic carbocycles. The third kappa shape index (κ3) is 4.41. The molecule has 144 valence electrons. The molecule has 2 N–H and O–H groups in total. The minimum absolute atomic E-state index is 0.160. The lowest BCUT2D eigenvalue weighted by Crippen LogP contribution is -2.34. The van der Waals surface area contributed by atoms with Crippen molar-refractivity contribution in [2.45, 2.75) is 0 Å². The largest absolute Gasteiger partial charge is 0.332 e. The third-order valence-electron chi connectivity index (χ3n) is 4.09. The number of halogens is 2. The van der Waals surface area contributed by atoms with Gasteiger partial charge in [-0.05, 0) is 54.7 Å². The molecule has 0 aliphatic rings. The van der Waals surface area contributed by atoms with Crippen LogP contribution in [0.2, 0.25) is 10.0 Å². The number of anilines is 1. The molecule has 0 unspecified atom stereocenters. The number of thiocarbonyl (C=S) groups is 1. The third-order valence-corrected chi connectivity index (χ3v) is 6.03. The molecule has 0 radical (unpaired) electrons. The van der Waals surface area contributed by atoms with E-state index in [1.807, 2.05) is 30.3 Å². The van der Waals surface area contributed by atoms with Gasteiger partial charge in [0.1, 0.15) is 5.01 Å². The molecule has 0 aliphatic heterocycles. The van der Waals surface area contributed by atoms with Crippen molar-refractivity contribution in [1.29, 1.82) is 0 Å². The number of rotatable bonds is 3. The van der Waals surface area contributed by atoms with E-state index in [0.29, 0.717) is 21.3 Å². The van der Waals surface area contributed by atoms with Crippen LogP contribution in [0.5, 0.6) is 0 Å². The Morgan fingerprint density at radius 3 is 2.52 bits per heavy atom. The second-order valence-corrected chi connectivity index (χ2v) is 8.32. The van der Waals surface area contributed by atoms with Gasteiger partial charge < -0.3 is 5.32 Å². The molecule has 8 heteroatoms. The predicted octanol–water partition coefficient (Wildman–Crippen LogP) is 6.40. The molecule has 0 spiro atoms. The Labute approximate surface area is 186 Å². The highest BCUT2D eigenvalue weighted by Crippen LogP contribution is 2.35. The Morgan fingerprint density at radius 2 is 1.72 bits per heavy atom. The zero-order chi connectivity index (χ0) is 20.4. The fourth-order valence-electron chi connectivity index (χ4n) is 2.73. The first-order chi connectivity index (χ1) is 14.0. The molecule has 0 atom stereocenters. The summed E-state index contributed by atoms with van der Waals surface area (Å²) in [6.45, 7) is 0. The summed E-state index contributed by atoms with van der Waals surface area (Å²) in [7, 11) is 0. The van der Waals surface area contributed by atoms with Crippen molar-refractivity contribution in [2.24, 2.45) is 0 Å². The number of para-hydroxylation sites is 1. The molecule has 1 amide bonds. The van der Waals surface area contributed by atoms with E-state index in [1.54, 1.807) is 47.7 Å². The number of amides is 1. The minimum atomic E-state index is -0.381. The second kappa shape index (κ2) is 8.47. The number of benzene rings is 3. The molecule has 0 bridgehead atoms. The van der Waals surface area contributed by atoms with Gasteiger partial charge in [-0.1, -0.05) is 47.5 Å². The van der Waals surface area contributed by atoms with E-state index in [9.17, 15) is 4.79 Å². The van der Waals surface area contributed by atoms with Gasteiger partial charge in [-0.25, -0.2) is 4.98 Å². The van der Waals surface area contributed by atoms with E-state index in [4.69, 9.17) is 35.4 Å². The molecule has 0 fully saturated rings. The Morgan fingerprint density at radius 1 is 0.966 bits per heavy atom. The number of thiazole rings is 1. The molecule has 4 rings (SSSR count). The summed E-state index contributed by atoms with van der Waals surface area (Å²) in [5.41, 5.74) is 2.75. The van der Waals surface area contributed by atoms with Gasteiger partial charge in [-0.3, -0.25) is 10.1 Å². The number of nitrogens with zero attached hydrogens (tertiary/aromatic N) is 1. The lowest BCUT2D eigenvalue weighted by molar-refractivity contribution is 0.0978. The first-order valence-corrected chi connectivity index (χ1v) is 10.5. The van der Waals surface area contributed by atoms with Gasteiger partial charge in [-0.2, -0.15) is 0 Å². The van der Waals surface area contributed by atoms with Crippen molar-refractivity contribution in [1.82, 2.24) is 10.3 Å². The zero-order valence-electron chi connectivity index (χ0n) is 14.8. The van der Waals surface area contributed by atoms with Crippen LogP contribution in [-0.4, -0.2) is 16.0 Å². The van der Waals surface area contributed by atoms with Crippen molar-refractivity contribution < 1.29 is 4.79 Å². The minimum Gasteiger partial charge on any atom is -0.332 e.